The van der Waals surface area contributed by atoms with Crippen molar-refractivity contribution >= 4 is 0 Å². The van der Waals surface area contributed by atoms with Crippen molar-refractivity contribution in [3.05, 3.63) is 29.6 Å². The number of rotatable bonds is 6. The van der Waals surface area contributed by atoms with Crippen molar-refractivity contribution < 1.29 is 13.9 Å². The van der Waals surface area contributed by atoms with Crippen LogP contribution in [0.1, 0.15) is 25.5 Å². The van der Waals surface area contributed by atoms with Crippen molar-refractivity contribution in [2.45, 2.75) is 26.0 Å². The van der Waals surface area contributed by atoms with Gasteiger partial charge in [0.15, 0.2) is 0 Å². The number of morpholine rings is 1. The molecule has 1 N–H and O–H groups in total. The molecule has 0 spiro atoms. The molecule has 1 saturated heterocycles. The molecule has 0 amide bonds. The van der Waals surface area contributed by atoms with E-state index in [4.69, 9.17) is 9.47 Å². The molecule has 1 aliphatic heterocycles. The molecule has 1 fully saturated rings. The molecule has 1 aromatic carbocycles. The van der Waals surface area contributed by atoms with E-state index in [1.54, 1.807) is 6.07 Å². The Kier molecular flexibility index (Phi) is 5.96. The van der Waals surface area contributed by atoms with Crippen LogP contribution >= 0.6 is 0 Å². The van der Waals surface area contributed by atoms with E-state index < -0.39 is 0 Å². The van der Waals surface area contributed by atoms with Crippen LogP contribution < -0.4 is 10.1 Å². The lowest BCUT2D eigenvalue weighted by Crippen LogP contribution is -2.44. The maximum atomic E-state index is 13.5. The van der Waals surface area contributed by atoms with Gasteiger partial charge in [-0.3, -0.25) is 4.90 Å². The predicted molar refractivity (Wildman–Crippen MR) is 81.2 cm³/mol. The summed E-state index contributed by atoms with van der Waals surface area (Å²) in [5, 5.41) is 3.15. The van der Waals surface area contributed by atoms with Crippen LogP contribution in [-0.4, -0.2) is 50.9 Å². The van der Waals surface area contributed by atoms with Crippen molar-refractivity contribution in [3.8, 4) is 5.75 Å². The fourth-order valence-electron chi connectivity index (χ4n) is 2.50. The first-order valence-corrected chi connectivity index (χ1v) is 7.57. The van der Waals surface area contributed by atoms with E-state index in [2.05, 4.69) is 17.1 Å². The molecule has 0 aromatic heterocycles. The molecule has 1 heterocycles. The molecule has 118 valence electrons. The van der Waals surface area contributed by atoms with E-state index in [0.29, 0.717) is 12.4 Å². The molecule has 1 aliphatic rings. The van der Waals surface area contributed by atoms with Crippen LogP contribution in [0.2, 0.25) is 0 Å². The summed E-state index contributed by atoms with van der Waals surface area (Å²) in [6.45, 7) is 8.19. The third kappa shape index (κ3) is 4.40. The number of hydrogen-bond acceptors (Lipinski definition) is 4. The molecule has 1 aromatic rings. The predicted octanol–water partition coefficient (Wildman–Crippen LogP) is 2.21. The third-order valence-electron chi connectivity index (χ3n) is 3.97. The van der Waals surface area contributed by atoms with Gasteiger partial charge < -0.3 is 14.8 Å². The van der Waals surface area contributed by atoms with Gasteiger partial charge in [-0.15, -0.1) is 0 Å². The highest BCUT2D eigenvalue weighted by molar-refractivity contribution is 5.36. The molecule has 21 heavy (non-hydrogen) atoms. The van der Waals surface area contributed by atoms with Crippen molar-refractivity contribution in [3.63, 3.8) is 0 Å². The zero-order valence-electron chi connectivity index (χ0n) is 13.1. The topological polar surface area (TPSA) is 33.7 Å². The highest BCUT2D eigenvalue weighted by Crippen LogP contribution is 2.26. The Labute approximate surface area is 126 Å². The van der Waals surface area contributed by atoms with Gasteiger partial charge >= 0.3 is 0 Å². The summed E-state index contributed by atoms with van der Waals surface area (Å²) in [6, 6.07) is 4.79. The minimum absolute atomic E-state index is 0.0414. The fraction of sp³-hybridized carbons (Fsp3) is 0.625. The number of halogens is 1. The molecule has 0 aliphatic carbocycles. The quantitative estimate of drug-likeness (QED) is 0.872. The summed E-state index contributed by atoms with van der Waals surface area (Å²) in [7, 11) is 1.88. The number of nitrogens with zero attached hydrogens (tertiary/aromatic N) is 1. The maximum absolute atomic E-state index is 13.5. The van der Waals surface area contributed by atoms with Crippen LogP contribution in [-0.2, 0) is 4.74 Å². The first-order valence-electron chi connectivity index (χ1n) is 7.57. The van der Waals surface area contributed by atoms with Gasteiger partial charge in [-0.2, -0.15) is 0 Å². The number of ether oxygens (including phenoxy) is 2. The fourth-order valence-corrected chi connectivity index (χ4v) is 2.50. The van der Waals surface area contributed by atoms with Crippen molar-refractivity contribution in [2.24, 2.45) is 0 Å². The summed E-state index contributed by atoms with van der Waals surface area (Å²) in [5.74, 6) is 0.311. The van der Waals surface area contributed by atoms with Gasteiger partial charge in [0.25, 0.3) is 0 Å². The Morgan fingerprint density at radius 2 is 2.33 bits per heavy atom. The molecule has 2 unspecified atom stereocenters. The molecular weight excluding hydrogens is 271 g/mol. The van der Waals surface area contributed by atoms with E-state index in [-0.39, 0.29) is 18.0 Å². The molecule has 0 radical (unpaired) electrons. The summed E-state index contributed by atoms with van der Waals surface area (Å²) in [5.41, 5.74) is 0.960. The normalized spacial score (nSPS) is 21.2. The van der Waals surface area contributed by atoms with Crippen molar-refractivity contribution in [1.82, 2.24) is 10.2 Å². The molecule has 4 nitrogen and oxygen atoms in total. The maximum Gasteiger partial charge on any atom is 0.127 e. The highest BCUT2D eigenvalue weighted by Gasteiger charge is 2.21. The Balaban J connectivity index is 2.00. The van der Waals surface area contributed by atoms with Crippen LogP contribution in [0.4, 0.5) is 4.39 Å². The lowest BCUT2D eigenvalue weighted by Gasteiger charge is -2.32. The van der Waals surface area contributed by atoms with E-state index >= 15 is 0 Å². The standard InChI is InChI=1S/C16H25FN2O2/c1-4-19-7-8-20-14(10-19)11-21-16-9-13(17)5-6-15(16)12(2)18-3/h5-6,9,12,14,18H,4,7-8,10-11H2,1-3H3. The van der Waals surface area contributed by atoms with Crippen LogP contribution in [0, 0.1) is 5.82 Å². The van der Waals surface area contributed by atoms with Gasteiger partial charge in [0.1, 0.15) is 24.3 Å². The first kappa shape index (κ1) is 16.2. The Bertz CT molecular complexity index is 456. The lowest BCUT2D eigenvalue weighted by molar-refractivity contribution is -0.0466. The second kappa shape index (κ2) is 7.73. The van der Waals surface area contributed by atoms with Gasteiger partial charge in [0, 0.05) is 30.8 Å². The molecule has 5 heteroatoms. The average molecular weight is 296 g/mol. The van der Waals surface area contributed by atoms with Gasteiger partial charge in [-0.05, 0) is 26.6 Å². The number of benzene rings is 1. The minimum atomic E-state index is -0.281. The van der Waals surface area contributed by atoms with E-state index in [1.165, 1.54) is 12.1 Å². The smallest absolute Gasteiger partial charge is 0.127 e. The van der Waals surface area contributed by atoms with E-state index in [0.717, 1.165) is 31.8 Å². The molecule has 0 bridgehead atoms. The molecule has 2 rings (SSSR count). The average Bonchev–Trinajstić information content (AvgIpc) is 2.52. The highest BCUT2D eigenvalue weighted by atomic mass is 19.1. The van der Waals surface area contributed by atoms with Crippen LogP contribution in [0.15, 0.2) is 18.2 Å². The van der Waals surface area contributed by atoms with Crippen LogP contribution in [0.25, 0.3) is 0 Å². The van der Waals surface area contributed by atoms with E-state index in [1.807, 2.05) is 14.0 Å². The zero-order chi connectivity index (χ0) is 15.2. The van der Waals surface area contributed by atoms with Gasteiger partial charge in [-0.25, -0.2) is 4.39 Å². The summed E-state index contributed by atoms with van der Waals surface area (Å²) < 4.78 is 25.0. The Hall–Kier alpha value is -1.17. The summed E-state index contributed by atoms with van der Waals surface area (Å²) >= 11 is 0. The number of hydrogen-bond donors (Lipinski definition) is 1. The molecule has 0 saturated carbocycles. The second-order valence-corrected chi connectivity index (χ2v) is 5.39. The zero-order valence-corrected chi connectivity index (χ0v) is 13.1. The SMILES string of the molecule is CCN1CCOC(COc2cc(F)ccc2C(C)NC)C1. The molecular formula is C16H25FN2O2. The Morgan fingerprint density at radius 1 is 1.52 bits per heavy atom. The summed E-state index contributed by atoms with van der Waals surface area (Å²) in [4.78, 5) is 2.33. The number of likely N-dealkylation sites (N-methyl/N-ethyl adjacent to an activating group) is 1. The molecule has 2 atom stereocenters. The van der Waals surface area contributed by atoms with Gasteiger partial charge in [0.05, 0.1) is 6.61 Å². The van der Waals surface area contributed by atoms with Crippen LogP contribution in [0.5, 0.6) is 5.75 Å². The Morgan fingerprint density at radius 3 is 3.05 bits per heavy atom. The minimum Gasteiger partial charge on any atom is -0.490 e. The summed E-state index contributed by atoms with van der Waals surface area (Å²) in [6.07, 6.45) is 0.0414. The third-order valence-corrected chi connectivity index (χ3v) is 3.97. The van der Waals surface area contributed by atoms with Crippen molar-refractivity contribution in [1.29, 1.82) is 0 Å². The van der Waals surface area contributed by atoms with E-state index in [9.17, 15) is 4.39 Å². The second-order valence-electron chi connectivity index (χ2n) is 5.39. The largest absolute Gasteiger partial charge is 0.490 e. The van der Waals surface area contributed by atoms with Gasteiger partial charge in [0.2, 0.25) is 0 Å². The number of nitrogens with one attached hydrogen (secondary N) is 1. The van der Waals surface area contributed by atoms with Crippen LogP contribution in [0.3, 0.4) is 0 Å². The monoisotopic (exact) mass is 296 g/mol. The lowest BCUT2D eigenvalue weighted by atomic mass is 10.1. The van der Waals surface area contributed by atoms with Crippen molar-refractivity contribution in [2.75, 3.05) is 39.9 Å². The first-order chi connectivity index (χ1) is 10.1. The van der Waals surface area contributed by atoms with Gasteiger partial charge in [-0.1, -0.05) is 13.0 Å².